The number of hydrogen-bond donors (Lipinski definition) is 1. The molecule has 0 unspecified atom stereocenters. The van der Waals surface area contributed by atoms with Crippen molar-refractivity contribution in [2.24, 2.45) is 0 Å². The van der Waals surface area contributed by atoms with Gasteiger partial charge in [0, 0.05) is 18.0 Å². The number of rotatable bonds is 1. The van der Waals surface area contributed by atoms with Gasteiger partial charge in [-0.05, 0) is 24.6 Å². The highest BCUT2D eigenvalue weighted by molar-refractivity contribution is 5.64. The van der Waals surface area contributed by atoms with Gasteiger partial charge in [0.2, 0.25) is 0 Å². The number of nitrogens with zero attached hydrogens (tertiary/aromatic N) is 2. The Hall–Kier alpha value is -2.41. The van der Waals surface area contributed by atoms with Gasteiger partial charge in [-0.25, -0.2) is 0 Å². The van der Waals surface area contributed by atoms with E-state index in [2.05, 4.69) is 9.97 Å². The fraction of sp³-hybridized carbons (Fsp3) is 0.0833. The van der Waals surface area contributed by atoms with Crippen LogP contribution in [0, 0.1) is 18.3 Å². The van der Waals surface area contributed by atoms with Crippen LogP contribution in [0.4, 0.5) is 0 Å². The van der Waals surface area contributed by atoms with Crippen molar-refractivity contribution in [2.75, 3.05) is 0 Å². The van der Waals surface area contributed by atoms with Crippen molar-refractivity contribution in [1.29, 1.82) is 5.26 Å². The molecule has 0 amide bonds. The maximum atomic E-state index is 11.4. The Balaban J connectivity index is 2.70. The minimum atomic E-state index is -0.361. The molecule has 0 aliphatic heterocycles. The van der Waals surface area contributed by atoms with Crippen LogP contribution in [-0.4, -0.2) is 9.97 Å². The zero-order valence-corrected chi connectivity index (χ0v) is 8.69. The maximum Gasteiger partial charge on any atom is 0.266 e. The molecule has 0 saturated carbocycles. The Labute approximate surface area is 92.2 Å². The van der Waals surface area contributed by atoms with Gasteiger partial charge in [-0.3, -0.25) is 9.78 Å². The Morgan fingerprint density at radius 2 is 2.25 bits per heavy atom. The third kappa shape index (κ3) is 1.59. The SMILES string of the molecule is Cc1c(-c2ccccn2)c[nH]c(=O)c1C#N. The van der Waals surface area contributed by atoms with E-state index in [1.165, 1.54) is 0 Å². The molecule has 0 saturated heterocycles. The molecule has 0 aromatic carbocycles. The first kappa shape index (κ1) is 10.1. The number of aromatic amines is 1. The van der Waals surface area contributed by atoms with E-state index in [0.717, 1.165) is 11.3 Å². The van der Waals surface area contributed by atoms with Gasteiger partial charge in [0.1, 0.15) is 11.6 Å². The molecule has 2 rings (SSSR count). The summed E-state index contributed by atoms with van der Waals surface area (Å²) < 4.78 is 0. The molecule has 16 heavy (non-hydrogen) atoms. The number of nitrogens with one attached hydrogen (secondary N) is 1. The van der Waals surface area contributed by atoms with Gasteiger partial charge in [-0.15, -0.1) is 0 Å². The second-order valence-electron chi connectivity index (χ2n) is 3.36. The van der Waals surface area contributed by atoms with Crippen molar-refractivity contribution in [2.45, 2.75) is 6.92 Å². The maximum absolute atomic E-state index is 11.4. The monoisotopic (exact) mass is 211 g/mol. The zero-order valence-electron chi connectivity index (χ0n) is 8.69. The van der Waals surface area contributed by atoms with Crippen LogP contribution in [0.3, 0.4) is 0 Å². The van der Waals surface area contributed by atoms with Crippen molar-refractivity contribution in [3.63, 3.8) is 0 Å². The molecule has 0 fully saturated rings. The first-order valence-corrected chi connectivity index (χ1v) is 4.78. The minimum absolute atomic E-state index is 0.142. The van der Waals surface area contributed by atoms with Gasteiger partial charge in [0.05, 0.1) is 5.69 Å². The first-order valence-electron chi connectivity index (χ1n) is 4.78. The second-order valence-corrected chi connectivity index (χ2v) is 3.36. The van der Waals surface area contributed by atoms with Crippen LogP contribution in [0.2, 0.25) is 0 Å². The third-order valence-electron chi connectivity index (χ3n) is 2.41. The largest absolute Gasteiger partial charge is 0.327 e. The third-order valence-corrected chi connectivity index (χ3v) is 2.41. The molecule has 4 nitrogen and oxygen atoms in total. The Bertz CT molecular complexity index is 608. The quantitative estimate of drug-likeness (QED) is 0.779. The molecule has 4 heteroatoms. The molecule has 78 valence electrons. The Morgan fingerprint density at radius 3 is 2.88 bits per heavy atom. The summed E-state index contributed by atoms with van der Waals surface area (Å²) >= 11 is 0. The van der Waals surface area contributed by atoms with E-state index in [1.54, 1.807) is 19.3 Å². The molecule has 2 aromatic rings. The summed E-state index contributed by atoms with van der Waals surface area (Å²) in [6.07, 6.45) is 3.26. The van der Waals surface area contributed by atoms with E-state index in [-0.39, 0.29) is 11.1 Å². The average Bonchev–Trinajstić information content (AvgIpc) is 2.31. The Morgan fingerprint density at radius 1 is 1.44 bits per heavy atom. The molecular formula is C12H9N3O. The van der Waals surface area contributed by atoms with Crippen molar-refractivity contribution in [3.8, 4) is 17.3 Å². The Kier molecular flexibility index (Phi) is 2.52. The molecular weight excluding hydrogens is 202 g/mol. The average molecular weight is 211 g/mol. The molecule has 0 radical (unpaired) electrons. The molecule has 0 spiro atoms. The number of hydrogen-bond acceptors (Lipinski definition) is 3. The molecule has 0 aliphatic rings. The molecule has 2 aromatic heterocycles. The number of nitriles is 1. The summed E-state index contributed by atoms with van der Waals surface area (Å²) in [5, 5.41) is 8.88. The molecule has 0 bridgehead atoms. The van der Waals surface area contributed by atoms with E-state index in [4.69, 9.17) is 5.26 Å². The van der Waals surface area contributed by atoms with Crippen LogP contribution >= 0.6 is 0 Å². The lowest BCUT2D eigenvalue weighted by atomic mass is 10.0. The molecule has 1 N–H and O–H groups in total. The minimum Gasteiger partial charge on any atom is -0.327 e. The smallest absolute Gasteiger partial charge is 0.266 e. The standard InChI is InChI=1S/C12H9N3O/c1-8-9(6-13)12(16)15-7-10(8)11-4-2-3-5-14-11/h2-5,7H,1H3,(H,15,16). The predicted octanol–water partition coefficient (Wildman–Crippen LogP) is 1.62. The summed E-state index contributed by atoms with van der Waals surface area (Å²) in [6.45, 7) is 1.75. The predicted molar refractivity (Wildman–Crippen MR) is 59.7 cm³/mol. The highest BCUT2D eigenvalue weighted by Gasteiger charge is 2.09. The van der Waals surface area contributed by atoms with E-state index >= 15 is 0 Å². The van der Waals surface area contributed by atoms with Gasteiger partial charge in [0.15, 0.2) is 0 Å². The first-order chi connectivity index (χ1) is 7.74. The number of H-pyrrole nitrogens is 1. The van der Waals surface area contributed by atoms with Crippen LogP contribution in [0.25, 0.3) is 11.3 Å². The normalized spacial score (nSPS) is 9.75. The van der Waals surface area contributed by atoms with E-state index < -0.39 is 0 Å². The summed E-state index contributed by atoms with van der Waals surface area (Å²) in [5.41, 5.74) is 1.96. The lowest BCUT2D eigenvalue weighted by Gasteiger charge is -2.05. The van der Waals surface area contributed by atoms with Crippen molar-refractivity contribution >= 4 is 0 Å². The van der Waals surface area contributed by atoms with E-state index in [0.29, 0.717) is 5.56 Å². The van der Waals surface area contributed by atoms with Gasteiger partial charge < -0.3 is 4.98 Å². The summed E-state index contributed by atoms with van der Waals surface area (Å²) in [4.78, 5) is 18.1. The van der Waals surface area contributed by atoms with Crippen molar-refractivity contribution in [3.05, 3.63) is 52.1 Å². The number of pyridine rings is 2. The van der Waals surface area contributed by atoms with E-state index in [1.807, 2.05) is 24.3 Å². The van der Waals surface area contributed by atoms with Gasteiger partial charge in [-0.1, -0.05) is 6.07 Å². The topological polar surface area (TPSA) is 69.5 Å². The fourth-order valence-corrected chi connectivity index (χ4v) is 1.55. The highest BCUT2D eigenvalue weighted by Crippen LogP contribution is 2.20. The van der Waals surface area contributed by atoms with Crippen molar-refractivity contribution < 1.29 is 0 Å². The van der Waals surface area contributed by atoms with Gasteiger partial charge in [0.25, 0.3) is 5.56 Å². The zero-order chi connectivity index (χ0) is 11.5. The summed E-state index contributed by atoms with van der Waals surface area (Å²) in [6, 6.07) is 7.41. The number of aromatic nitrogens is 2. The highest BCUT2D eigenvalue weighted by atomic mass is 16.1. The second kappa shape index (κ2) is 3.99. The van der Waals surface area contributed by atoms with Crippen LogP contribution < -0.4 is 5.56 Å². The van der Waals surface area contributed by atoms with Crippen molar-refractivity contribution in [1.82, 2.24) is 9.97 Å². The van der Waals surface area contributed by atoms with Crippen LogP contribution in [0.1, 0.15) is 11.1 Å². The van der Waals surface area contributed by atoms with Crippen LogP contribution in [0.15, 0.2) is 35.4 Å². The lowest BCUT2D eigenvalue weighted by Crippen LogP contribution is -2.12. The molecule has 0 aliphatic carbocycles. The summed E-state index contributed by atoms with van der Waals surface area (Å²) in [5.74, 6) is 0. The van der Waals surface area contributed by atoms with Gasteiger partial charge in [-0.2, -0.15) is 5.26 Å². The van der Waals surface area contributed by atoms with Crippen LogP contribution in [-0.2, 0) is 0 Å². The lowest BCUT2D eigenvalue weighted by molar-refractivity contribution is 1.17. The summed E-state index contributed by atoms with van der Waals surface area (Å²) in [7, 11) is 0. The van der Waals surface area contributed by atoms with Gasteiger partial charge >= 0.3 is 0 Å². The van der Waals surface area contributed by atoms with Crippen LogP contribution in [0.5, 0.6) is 0 Å². The molecule has 2 heterocycles. The van der Waals surface area contributed by atoms with E-state index in [9.17, 15) is 4.79 Å². The molecule has 0 atom stereocenters. The fourth-order valence-electron chi connectivity index (χ4n) is 1.55.